The van der Waals surface area contributed by atoms with Gasteiger partial charge in [0.2, 0.25) is 0 Å². The van der Waals surface area contributed by atoms with Gasteiger partial charge in [-0.2, -0.15) is 0 Å². The zero-order valence-electron chi connectivity index (χ0n) is 9.56. The van der Waals surface area contributed by atoms with Crippen LogP contribution in [0.4, 0.5) is 0 Å². The van der Waals surface area contributed by atoms with Crippen molar-refractivity contribution >= 4 is 11.6 Å². The Hall–Kier alpha value is 0.290. The fourth-order valence-corrected chi connectivity index (χ4v) is 3.99. The average Bonchev–Trinajstić information content (AvgIpc) is 2.48. The van der Waals surface area contributed by atoms with Crippen LogP contribution < -0.4 is 0 Å². The van der Waals surface area contributed by atoms with Crippen LogP contribution >= 0.6 is 11.6 Å². The standard InChI is InChI=1S/C13H23Cl/c1-10-3-5-11(6-4-10)13(2)8-7-12(14)9-13/h10-12H,3-9H2,1-2H3. The van der Waals surface area contributed by atoms with Gasteiger partial charge in [-0.05, 0) is 49.4 Å². The minimum atomic E-state index is 0.472. The average molecular weight is 215 g/mol. The molecule has 2 saturated carbocycles. The van der Waals surface area contributed by atoms with Crippen molar-refractivity contribution in [3.05, 3.63) is 0 Å². The van der Waals surface area contributed by atoms with Crippen molar-refractivity contribution in [2.45, 2.75) is 64.2 Å². The van der Waals surface area contributed by atoms with E-state index in [0.717, 1.165) is 11.8 Å². The van der Waals surface area contributed by atoms with Crippen LogP contribution in [0.1, 0.15) is 58.8 Å². The van der Waals surface area contributed by atoms with Crippen molar-refractivity contribution in [3.8, 4) is 0 Å². The zero-order valence-corrected chi connectivity index (χ0v) is 10.3. The Balaban J connectivity index is 1.94. The van der Waals surface area contributed by atoms with Crippen LogP contribution in [-0.4, -0.2) is 5.38 Å². The van der Waals surface area contributed by atoms with Crippen LogP contribution in [0.25, 0.3) is 0 Å². The number of alkyl halides is 1. The summed E-state index contributed by atoms with van der Waals surface area (Å²) in [5, 5.41) is 0.472. The molecule has 0 bridgehead atoms. The minimum absolute atomic E-state index is 0.472. The van der Waals surface area contributed by atoms with E-state index in [-0.39, 0.29) is 0 Å². The van der Waals surface area contributed by atoms with Gasteiger partial charge in [-0.1, -0.05) is 26.7 Å². The highest BCUT2D eigenvalue weighted by Gasteiger charge is 2.41. The van der Waals surface area contributed by atoms with Gasteiger partial charge < -0.3 is 0 Å². The third kappa shape index (κ3) is 2.10. The Labute approximate surface area is 93.4 Å². The SMILES string of the molecule is CC1CCC(C2(C)CCC(Cl)C2)CC1. The lowest BCUT2D eigenvalue weighted by Crippen LogP contribution is -2.28. The molecule has 82 valence electrons. The molecule has 14 heavy (non-hydrogen) atoms. The van der Waals surface area contributed by atoms with E-state index >= 15 is 0 Å². The van der Waals surface area contributed by atoms with Gasteiger partial charge >= 0.3 is 0 Å². The zero-order chi connectivity index (χ0) is 10.2. The first-order chi connectivity index (χ1) is 6.60. The largest absolute Gasteiger partial charge is 0.123 e. The molecule has 2 atom stereocenters. The molecule has 0 radical (unpaired) electrons. The van der Waals surface area contributed by atoms with Crippen molar-refractivity contribution in [1.29, 1.82) is 0 Å². The summed E-state index contributed by atoms with van der Waals surface area (Å²) in [7, 11) is 0. The van der Waals surface area contributed by atoms with E-state index in [0.29, 0.717) is 10.8 Å². The van der Waals surface area contributed by atoms with Crippen LogP contribution in [0.2, 0.25) is 0 Å². The van der Waals surface area contributed by atoms with Crippen LogP contribution in [0, 0.1) is 17.3 Å². The van der Waals surface area contributed by atoms with Gasteiger partial charge in [0.05, 0.1) is 0 Å². The highest BCUT2D eigenvalue weighted by Crippen LogP contribution is 2.51. The molecule has 0 aliphatic heterocycles. The van der Waals surface area contributed by atoms with Crippen molar-refractivity contribution in [2.75, 3.05) is 0 Å². The van der Waals surface area contributed by atoms with Crippen molar-refractivity contribution in [3.63, 3.8) is 0 Å². The number of hydrogen-bond donors (Lipinski definition) is 0. The molecule has 2 aliphatic carbocycles. The number of halogens is 1. The normalized spacial score (nSPS) is 49.5. The highest BCUT2D eigenvalue weighted by atomic mass is 35.5. The molecule has 0 N–H and O–H groups in total. The first-order valence-electron chi connectivity index (χ1n) is 6.24. The first-order valence-corrected chi connectivity index (χ1v) is 6.68. The maximum atomic E-state index is 6.24. The third-order valence-electron chi connectivity index (χ3n) is 4.72. The molecule has 0 aromatic rings. The molecular formula is C13H23Cl. The van der Waals surface area contributed by atoms with E-state index in [1.54, 1.807) is 0 Å². The Morgan fingerprint density at radius 1 is 1.07 bits per heavy atom. The van der Waals surface area contributed by atoms with Gasteiger partial charge in [0.1, 0.15) is 0 Å². The third-order valence-corrected chi connectivity index (χ3v) is 5.09. The molecule has 0 nitrogen and oxygen atoms in total. The quantitative estimate of drug-likeness (QED) is 0.560. The molecule has 0 amide bonds. The second-order valence-corrected chi connectivity index (χ2v) is 6.57. The van der Waals surface area contributed by atoms with E-state index in [4.69, 9.17) is 11.6 Å². The molecule has 0 spiro atoms. The molecule has 2 unspecified atom stereocenters. The van der Waals surface area contributed by atoms with E-state index in [1.165, 1.54) is 44.9 Å². The van der Waals surface area contributed by atoms with Gasteiger partial charge in [0.25, 0.3) is 0 Å². The van der Waals surface area contributed by atoms with E-state index in [2.05, 4.69) is 13.8 Å². The summed E-state index contributed by atoms with van der Waals surface area (Å²) in [6.45, 7) is 4.88. The molecule has 0 saturated heterocycles. The highest BCUT2D eigenvalue weighted by molar-refractivity contribution is 6.20. The van der Waals surface area contributed by atoms with Gasteiger partial charge in [-0.15, -0.1) is 11.6 Å². The molecule has 0 aromatic heterocycles. The fourth-order valence-electron chi connectivity index (χ4n) is 3.52. The van der Waals surface area contributed by atoms with E-state index < -0.39 is 0 Å². The van der Waals surface area contributed by atoms with Crippen molar-refractivity contribution in [1.82, 2.24) is 0 Å². The van der Waals surface area contributed by atoms with Gasteiger partial charge in [-0.25, -0.2) is 0 Å². The second kappa shape index (κ2) is 4.04. The monoisotopic (exact) mass is 214 g/mol. The van der Waals surface area contributed by atoms with E-state index in [9.17, 15) is 0 Å². The van der Waals surface area contributed by atoms with Gasteiger partial charge in [-0.3, -0.25) is 0 Å². The molecular weight excluding hydrogens is 192 g/mol. The Kier molecular flexibility index (Phi) is 3.12. The molecule has 0 heterocycles. The Morgan fingerprint density at radius 3 is 2.21 bits per heavy atom. The van der Waals surface area contributed by atoms with Gasteiger partial charge in [0, 0.05) is 5.38 Å². The summed E-state index contributed by atoms with van der Waals surface area (Å²) in [5.74, 6) is 1.95. The first kappa shape index (κ1) is 10.8. The lowest BCUT2D eigenvalue weighted by atomic mass is 9.67. The number of hydrogen-bond acceptors (Lipinski definition) is 0. The maximum Gasteiger partial charge on any atom is 0.0341 e. The topological polar surface area (TPSA) is 0 Å². The van der Waals surface area contributed by atoms with Crippen LogP contribution in [-0.2, 0) is 0 Å². The molecule has 2 aliphatic rings. The lowest BCUT2D eigenvalue weighted by molar-refractivity contribution is 0.125. The summed E-state index contributed by atoms with van der Waals surface area (Å²) < 4.78 is 0. The van der Waals surface area contributed by atoms with Crippen LogP contribution in [0.3, 0.4) is 0 Å². The summed E-state index contributed by atoms with van der Waals surface area (Å²) in [6, 6.07) is 0. The molecule has 2 fully saturated rings. The van der Waals surface area contributed by atoms with Crippen molar-refractivity contribution in [2.24, 2.45) is 17.3 Å². The van der Waals surface area contributed by atoms with Crippen LogP contribution in [0.15, 0.2) is 0 Å². The van der Waals surface area contributed by atoms with E-state index in [1.807, 2.05) is 0 Å². The fraction of sp³-hybridized carbons (Fsp3) is 1.00. The molecule has 0 aromatic carbocycles. The summed E-state index contributed by atoms with van der Waals surface area (Å²) in [4.78, 5) is 0. The van der Waals surface area contributed by atoms with Gasteiger partial charge in [0.15, 0.2) is 0 Å². The predicted molar refractivity (Wildman–Crippen MR) is 62.7 cm³/mol. The van der Waals surface area contributed by atoms with Crippen LogP contribution in [0.5, 0.6) is 0 Å². The number of rotatable bonds is 1. The lowest BCUT2D eigenvalue weighted by Gasteiger charge is -2.38. The second-order valence-electron chi connectivity index (χ2n) is 5.95. The molecule has 2 rings (SSSR count). The molecule has 1 heteroatoms. The Morgan fingerprint density at radius 2 is 1.71 bits per heavy atom. The minimum Gasteiger partial charge on any atom is -0.123 e. The maximum absolute atomic E-state index is 6.24. The summed E-state index contributed by atoms with van der Waals surface area (Å²) in [5.41, 5.74) is 0.590. The summed E-state index contributed by atoms with van der Waals surface area (Å²) in [6.07, 6.45) is 9.72. The van der Waals surface area contributed by atoms with Crippen molar-refractivity contribution < 1.29 is 0 Å². The smallest absolute Gasteiger partial charge is 0.0341 e. The summed E-state index contributed by atoms with van der Waals surface area (Å²) >= 11 is 6.24. The predicted octanol–water partition coefficient (Wildman–Crippen LogP) is 4.61. The Bertz CT molecular complexity index is 193.